The normalized spacial score (nSPS) is 11.6. The van der Waals surface area contributed by atoms with Crippen LogP contribution in [0.1, 0.15) is 44.8 Å². The minimum Gasteiger partial charge on any atom is -0.507 e. The summed E-state index contributed by atoms with van der Waals surface area (Å²) in [5, 5.41) is 19.8. The van der Waals surface area contributed by atoms with Crippen LogP contribution in [0.15, 0.2) is 42.5 Å². The van der Waals surface area contributed by atoms with E-state index in [2.05, 4.69) is 4.98 Å². The number of phenolic OH excluding ortho intramolecular Hbond substituents is 2. The fraction of sp³-hybridized carbons (Fsp3) is 0.160. The van der Waals surface area contributed by atoms with Gasteiger partial charge in [0.05, 0.1) is 11.4 Å². The predicted octanol–water partition coefficient (Wildman–Crippen LogP) is 6.07. The second kappa shape index (κ2) is 8.13. The van der Waals surface area contributed by atoms with Gasteiger partial charge in [-0.1, -0.05) is 18.2 Å². The zero-order valence-electron chi connectivity index (χ0n) is 16.7. The Hall–Kier alpha value is -3.33. The molecule has 0 saturated heterocycles. The van der Waals surface area contributed by atoms with Crippen molar-refractivity contribution in [2.24, 2.45) is 0 Å². The van der Waals surface area contributed by atoms with Crippen LogP contribution in [0.4, 0.5) is 0 Å². The molecule has 28 heavy (non-hydrogen) atoms. The highest BCUT2D eigenvalue weighted by Crippen LogP contribution is 2.25. The van der Waals surface area contributed by atoms with E-state index in [-0.39, 0.29) is 0 Å². The standard InChI is InChI=1S/C25H25NO2/c1-16-12-20(13-17(2)24(16)27)8-10-22-6-5-7-23(26-22)11-9-21-14-18(3)25(28)19(4)15-21/h5-15,27-28H,1-4H3. The topological polar surface area (TPSA) is 53.4 Å². The Balaban J connectivity index is 1.81. The molecule has 142 valence electrons. The van der Waals surface area contributed by atoms with Crippen LogP contribution in [-0.4, -0.2) is 15.2 Å². The van der Waals surface area contributed by atoms with Gasteiger partial charge in [-0.25, -0.2) is 4.98 Å². The molecule has 1 aromatic heterocycles. The van der Waals surface area contributed by atoms with Crippen LogP contribution in [0.5, 0.6) is 11.5 Å². The first kappa shape index (κ1) is 19.4. The van der Waals surface area contributed by atoms with Crippen molar-refractivity contribution in [2.75, 3.05) is 0 Å². The van der Waals surface area contributed by atoms with E-state index in [1.807, 2.05) is 94.5 Å². The summed E-state index contributed by atoms with van der Waals surface area (Å²) in [5.74, 6) is 0.698. The molecule has 0 spiro atoms. The van der Waals surface area contributed by atoms with Crippen molar-refractivity contribution in [2.45, 2.75) is 27.7 Å². The van der Waals surface area contributed by atoms with Gasteiger partial charge in [-0.2, -0.15) is 0 Å². The lowest BCUT2D eigenvalue weighted by Gasteiger charge is -2.05. The fourth-order valence-electron chi connectivity index (χ4n) is 3.19. The Labute approximate surface area is 166 Å². The molecule has 0 aliphatic heterocycles. The molecule has 0 saturated carbocycles. The Morgan fingerprint density at radius 3 is 1.32 bits per heavy atom. The van der Waals surface area contributed by atoms with E-state index in [1.54, 1.807) is 0 Å². The molecule has 3 heteroatoms. The average molecular weight is 371 g/mol. The number of hydrogen-bond donors (Lipinski definition) is 2. The first-order valence-electron chi connectivity index (χ1n) is 9.27. The van der Waals surface area contributed by atoms with E-state index < -0.39 is 0 Å². The molecule has 2 aromatic carbocycles. The second-order valence-corrected chi connectivity index (χ2v) is 7.16. The van der Waals surface area contributed by atoms with Crippen LogP contribution in [0.2, 0.25) is 0 Å². The molecule has 3 aromatic rings. The van der Waals surface area contributed by atoms with Gasteiger partial charge in [0.2, 0.25) is 0 Å². The van der Waals surface area contributed by atoms with Gasteiger partial charge in [-0.15, -0.1) is 0 Å². The number of benzene rings is 2. The lowest BCUT2D eigenvalue weighted by atomic mass is 10.0. The van der Waals surface area contributed by atoms with Crippen molar-refractivity contribution in [3.63, 3.8) is 0 Å². The van der Waals surface area contributed by atoms with Gasteiger partial charge in [0.15, 0.2) is 0 Å². The van der Waals surface area contributed by atoms with Crippen LogP contribution in [-0.2, 0) is 0 Å². The monoisotopic (exact) mass is 371 g/mol. The first-order chi connectivity index (χ1) is 13.3. The predicted molar refractivity (Wildman–Crippen MR) is 117 cm³/mol. The maximum atomic E-state index is 9.90. The molecular formula is C25H25NO2. The van der Waals surface area contributed by atoms with Crippen molar-refractivity contribution in [3.8, 4) is 11.5 Å². The smallest absolute Gasteiger partial charge is 0.121 e. The summed E-state index contributed by atoms with van der Waals surface area (Å²) in [7, 11) is 0. The van der Waals surface area contributed by atoms with Crippen LogP contribution in [0.25, 0.3) is 24.3 Å². The highest BCUT2D eigenvalue weighted by atomic mass is 16.3. The average Bonchev–Trinajstić information content (AvgIpc) is 2.67. The van der Waals surface area contributed by atoms with Crippen LogP contribution < -0.4 is 0 Å². The molecule has 0 atom stereocenters. The van der Waals surface area contributed by atoms with Gasteiger partial charge in [0.25, 0.3) is 0 Å². The third-order valence-electron chi connectivity index (χ3n) is 4.71. The molecular weight excluding hydrogens is 346 g/mol. The van der Waals surface area contributed by atoms with Gasteiger partial charge in [0.1, 0.15) is 11.5 Å². The number of aryl methyl sites for hydroxylation is 4. The second-order valence-electron chi connectivity index (χ2n) is 7.16. The summed E-state index contributed by atoms with van der Waals surface area (Å²) >= 11 is 0. The molecule has 0 aliphatic rings. The molecule has 1 heterocycles. The van der Waals surface area contributed by atoms with Crippen molar-refractivity contribution >= 4 is 24.3 Å². The minimum absolute atomic E-state index is 0.349. The number of aromatic nitrogens is 1. The van der Waals surface area contributed by atoms with Crippen LogP contribution in [0, 0.1) is 27.7 Å². The molecule has 2 N–H and O–H groups in total. The number of phenols is 2. The van der Waals surface area contributed by atoms with Crippen molar-refractivity contribution < 1.29 is 10.2 Å². The van der Waals surface area contributed by atoms with E-state index in [4.69, 9.17) is 0 Å². The molecule has 0 fully saturated rings. The highest BCUT2D eigenvalue weighted by Gasteiger charge is 2.02. The Morgan fingerprint density at radius 2 is 0.964 bits per heavy atom. The van der Waals surface area contributed by atoms with E-state index in [1.165, 1.54) is 0 Å². The number of hydrogen-bond acceptors (Lipinski definition) is 3. The van der Waals surface area contributed by atoms with Gasteiger partial charge in [-0.3, -0.25) is 0 Å². The van der Waals surface area contributed by atoms with Crippen LogP contribution >= 0.6 is 0 Å². The summed E-state index contributed by atoms with van der Waals surface area (Å²) in [6, 6.07) is 13.7. The maximum absolute atomic E-state index is 9.90. The number of rotatable bonds is 4. The van der Waals surface area contributed by atoms with Gasteiger partial charge < -0.3 is 10.2 Å². The van der Waals surface area contributed by atoms with Crippen molar-refractivity contribution in [1.29, 1.82) is 0 Å². The largest absolute Gasteiger partial charge is 0.507 e. The fourth-order valence-corrected chi connectivity index (χ4v) is 3.19. The molecule has 0 radical (unpaired) electrons. The zero-order chi connectivity index (χ0) is 20.3. The van der Waals surface area contributed by atoms with Gasteiger partial charge in [0, 0.05) is 0 Å². The van der Waals surface area contributed by atoms with E-state index in [0.29, 0.717) is 11.5 Å². The summed E-state index contributed by atoms with van der Waals surface area (Å²) < 4.78 is 0. The van der Waals surface area contributed by atoms with Gasteiger partial charge >= 0.3 is 0 Å². The number of aromatic hydroxyl groups is 2. The first-order valence-corrected chi connectivity index (χ1v) is 9.27. The molecule has 3 rings (SSSR count). The van der Waals surface area contributed by atoms with Crippen LogP contribution in [0.3, 0.4) is 0 Å². The number of nitrogens with zero attached hydrogens (tertiary/aromatic N) is 1. The summed E-state index contributed by atoms with van der Waals surface area (Å²) in [6.45, 7) is 7.60. The SMILES string of the molecule is Cc1cc(C=Cc2cccc(C=Cc3cc(C)c(O)c(C)c3)n2)cc(C)c1O. The van der Waals surface area contributed by atoms with E-state index in [0.717, 1.165) is 44.8 Å². The minimum atomic E-state index is 0.349. The Kier molecular flexibility index (Phi) is 5.65. The summed E-state index contributed by atoms with van der Waals surface area (Å²) in [6.07, 6.45) is 7.94. The molecule has 0 aliphatic carbocycles. The highest BCUT2D eigenvalue weighted by molar-refractivity contribution is 5.72. The third-order valence-corrected chi connectivity index (χ3v) is 4.71. The molecule has 0 amide bonds. The molecule has 0 bridgehead atoms. The Bertz CT molecular complexity index is 949. The lowest BCUT2D eigenvalue weighted by Crippen LogP contribution is -1.86. The van der Waals surface area contributed by atoms with Crippen molar-refractivity contribution in [1.82, 2.24) is 4.98 Å². The van der Waals surface area contributed by atoms with E-state index in [9.17, 15) is 10.2 Å². The van der Waals surface area contributed by atoms with E-state index >= 15 is 0 Å². The lowest BCUT2D eigenvalue weighted by molar-refractivity contribution is 0.466. The molecule has 3 nitrogen and oxygen atoms in total. The third kappa shape index (κ3) is 4.49. The maximum Gasteiger partial charge on any atom is 0.121 e. The summed E-state index contributed by atoms with van der Waals surface area (Å²) in [4.78, 5) is 4.66. The number of pyridine rings is 1. The van der Waals surface area contributed by atoms with Gasteiger partial charge in [-0.05, 0) is 110 Å². The zero-order valence-corrected chi connectivity index (χ0v) is 16.7. The van der Waals surface area contributed by atoms with Crippen molar-refractivity contribution in [3.05, 3.63) is 87.2 Å². The Morgan fingerprint density at radius 1 is 0.607 bits per heavy atom. The molecule has 0 unspecified atom stereocenters. The quantitative estimate of drug-likeness (QED) is 0.585. The summed E-state index contributed by atoms with van der Waals surface area (Å²) in [5.41, 5.74) is 7.25.